The van der Waals surface area contributed by atoms with E-state index in [0.29, 0.717) is 18.4 Å². The molecule has 1 aromatic carbocycles. The van der Waals surface area contributed by atoms with Crippen molar-refractivity contribution in [2.24, 2.45) is 0 Å². The van der Waals surface area contributed by atoms with Crippen LogP contribution in [0.15, 0.2) is 30.6 Å². The van der Waals surface area contributed by atoms with E-state index < -0.39 is 16.9 Å². The number of nitro groups is 1. The van der Waals surface area contributed by atoms with Gasteiger partial charge in [0.1, 0.15) is 6.33 Å². The second kappa shape index (κ2) is 6.12. The van der Waals surface area contributed by atoms with Gasteiger partial charge in [-0.2, -0.15) is 5.10 Å². The first-order valence-electron chi connectivity index (χ1n) is 6.41. The van der Waals surface area contributed by atoms with Gasteiger partial charge in [-0.05, 0) is 6.42 Å². The fourth-order valence-electron chi connectivity index (χ4n) is 1.96. The lowest BCUT2D eigenvalue weighted by molar-refractivity contribution is -0.384. The first kappa shape index (κ1) is 14.6. The zero-order valence-corrected chi connectivity index (χ0v) is 11.3. The molecule has 1 atom stereocenters. The number of benzene rings is 1. The van der Waals surface area contributed by atoms with Gasteiger partial charge in [-0.25, -0.2) is 14.5 Å². The molecule has 0 fully saturated rings. The van der Waals surface area contributed by atoms with E-state index in [2.05, 4.69) is 10.1 Å². The number of aliphatic carboxylic acids is 1. The minimum absolute atomic E-state index is 0.0628. The number of carboxylic acid groups (broad SMARTS) is 1. The predicted octanol–water partition coefficient (Wildman–Crippen LogP) is 2.28. The predicted molar refractivity (Wildman–Crippen MR) is 73.7 cm³/mol. The van der Waals surface area contributed by atoms with Gasteiger partial charge in [-0.15, -0.1) is 0 Å². The van der Waals surface area contributed by atoms with Gasteiger partial charge in [0, 0.05) is 17.7 Å². The molecular formula is C13H14N4O4. The summed E-state index contributed by atoms with van der Waals surface area (Å²) in [5.41, 5.74) is 0.413. The SMILES string of the molecule is CCCC(C(=O)O)n1cnc(-c2cccc([N+](=O)[O-])c2)n1. The van der Waals surface area contributed by atoms with Crippen molar-refractivity contribution >= 4 is 11.7 Å². The summed E-state index contributed by atoms with van der Waals surface area (Å²) in [5, 5.41) is 24.1. The van der Waals surface area contributed by atoms with Crippen LogP contribution in [0, 0.1) is 10.1 Å². The van der Waals surface area contributed by atoms with Crippen LogP contribution in [0.25, 0.3) is 11.4 Å². The van der Waals surface area contributed by atoms with Gasteiger partial charge in [0.2, 0.25) is 0 Å². The van der Waals surface area contributed by atoms with Crippen molar-refractivity contribution in [1.82, 2.24) is 14.8 Å². The van der Waals surface area contributed by atoms with Crippen molar-refractivity contribution in [3.8, 4) is 11.4 Å². The third kappa shape index (κ3) is 3.22. The fraction of sp³-hybridized carbons (Fsp3) is 0.308. The van der Waals surface area contributed by atoms with Crippen molar-refractivity contribution in [3.05, 3.63) is 40.7 Å². The van der Waals surface area contributed by atoms with Crippen molar-refractivity contribution in [3.63, 3.8) is 0 Å². The second-order valence-corrected chi connectivity index (χ2v) is 4.50. The summed E-state index contributed by atoms with van der Waals surface area (Å²) in [6, 6.07) is 5.12. The van der Waals surface area contributed by atoms with E-state index in [1.54, 1.807) is 6.07 Å². The minimum atomic E-state index is -0.979. The number of rotatable bonds is 6. The van der Waals surface area contributed by atoms with Crippen molar-refractivity contribution < 1.29 is 14.8 Å². The van der Waals surface area contributed by atoms with Gasteiger partial charge in [-0.3, -0.25) is 10.1 Å². The topological polar surface area (TPSA) is 111 Å². The zero-order valence-electron chi connectivity index (χ0n) is 11.3. The van der Waals surface area contributed by atoms with Crippen LogP contribution in [0.4, 0.5) is 5.69 Å². The number of hydrogen-bond acceptors (Lipinski definition) is 5. The lowest BCUT2D eigenvalue weighted by Gasteiger charge is -2.10. The molecule has 0 amide bonds. The molecule has 1 unspecified atom stereocenters. The highest BCUT2D eigenvalue weighted by Gasteiger charge is 2.20. The summed E-state index contributed by atoms with van der Waals surface area (Å²) in [6.07, 6.45) is 2.47. The minimum Gasteiger partial charge on any atom is -0.480 e. The molecule has 2 aromatic rings. The van der Waals surface area contributed by atoms with Crippen LogP contribution in [0.5, 0.6) is 0 Å². The van der Waals surface area contributed by atoms with Crippen LogP contribution in [0.1, 0.15) is 25.8 Å². The van der Waals surface area contributed by atoms with Gasteiger partial charge >= 0.3 is 5.97 Å². The second-order valence-electron chi connectivity index (χ2n) is 4.50. The Balaban J connectivity index is 2.33. The summed E-state index contributed by atoms with van der Waals surface area (Å²) >= 11 is 0. The number of hydrogen-bond donors (Lipinski definition) is 1. The molecule has 0 aliphatic carbocycles. The van der Waals surface area contributed by atoms with Crippen LogP contribution in [0.3, 0.4) is 0 Å². The average Bonchev–Trinajstić information content (AvgIpc) is 2.94. The summed E-state index contributed by atoms with van der Waals surface area (Å²) in [7, 11) is 0. The molecule has 0 spiro atoms. The Morgan fingerprint density at radius 1 is 1.52 bits per heavy atom. The van der Waals surface area contributed by atoms with Gasteiger partial charge in [-0.1, -0.05) is 25.5 Å². The molecule has 1 N–H and O–H groups in total. The Kier molecular flexibility index (Phi) is 4.27. The Bertz CT molecular complexity index is 668. The third-order valence-electron chi connectivity index (χ3n) is 2.99. The first-order chi connectivity index (χ1) is 10.0. The molecule has 21 heavy (non-hydrogen) atoms. The van der Waals surface area contributed by atoms with Gasteiger partial charge in [0.25, 0.3) is 5.69 Å². The summed E-state index contributed by atoms with van der Waals surface area (Å²) in [5.74, 6) is -0.714. The summed E-state index contributed by atoms with van der Waals surface area (Å²) < 4.78 is 1.28. The maximum atomic E-state index is 11.2. The van der Waals surface area contributed by atoms with E-state index in [9.17, 15) is 20.0 Å². The molecule has 0 aliphatic rings. The number of carboxylic acids is 1. The van der Waals surface area contributed by atoms with E-state index in [4.69, 9.17) is 0 Å². The number of carbonyl (C=O) groups is 1. The smallest absolute Gasteiger partial charge is 0.328 e. The van der Waals surface area contributed by atoms with Crippen LogP contribution >= 0.6 is 0 Å². The lowest BCUT2D eigenvalue weighted by Crippen LogP contribution is -2.19. The highest BCUT2D eigenvalue weighted by molar-refractivity contribution is 5.71. The molecule has 2 rings (SSSR count). The monoisotopic (exact) mass is 290 g/mol. The van der Waals surface area contributed by atoms with E-state index >= 15 is 0 Å². The number of aromatic nitrogens is 3. The number of nitro benzene ring substituents is 1. The van der Waals surface area contributed by atoms with Crippen LogP contribution in [0.2, 0.25) is 0 Å². The normalized spacial score (nSPS) is 12.0. The van der Waals surface area contributed by atoms with Crippen LogP contribution < -0.4 is 0 Å². The molecule has 0 aliphatic heterocycles. The molecule has 8 heteroatoms. The van der Waals surface area contributed by atoms with E-state index in [-0.39, 0.29) is 11.5 Å². The zero-order chi connectivity index (χ0) is 15.4. The molecular weight excluding hydrogens is 276 g/mol. The van der Waals surface area contributed by atoms with E-state index in [1.807, 2.05) is 6.92 Å². The molecule has 1 aromatic heterocycles. The Morgan fingerprint density at radius 2 is 2.29 bits per heavy atom. The van der Waals surface area contributed by atoms with E-state index in [0.717, 1.165) is 0 Å². The summed E-state index contributed by atoms with van der Waals surface area (Å²) in [4.78, 5) is 25.5. The highest BCUT2D eigenvalue weighted by Crippen LogP contribution is 2.22. The number of nitrogens with zero attached hydrogens (tertiary/aromatic N) is 4. The Hall–Kier alpha value is -2.77. The highest BCUT2D eigenvalue weighted by atomic mass is 16.6. The van der Waals surface area contributed by atoms with Gasteiger partial charge in [0.05, 0.1) is 4.92 Å². The standard InChI is InChI=1S/C13H14N4O4/c1-2-4-11(13(18)19)16-8-14-12(15-16)9-5-3-6-10(7-9)17(20)21/h3,5-8,11H,2,4H2,1H3,(H,18,19). The molecule has 0 radical (unpaired) electrons. The third-order valence-corrected chi connectivity index (χ3v) is 2.99. The first-order valence-corrected chi connectivity index (χ1v) is 6.41. The van der Waals surface area contributed by atoms with Crippen molar-refractivity contribution in [2.75, 3.05) is 0 Å². The maximum absolute atomic E-state index is 11.2. The van der Waals surface area contributed by atoms with Gasteiger partial charge < -0.3 is 5.11 Å². The molecule has 1 heterocycles. The largest absolute Gasteiger partial charge is 0.480 e. The number of non-ortho nitro benzene ring substituents is 1. The van der Waals surface area contributed by atoms with Crippen LogP contribution in [-0.2, 0) is 4.79 Å². The quantitative estimate of drug-likeness (QED) is 0.645. The van der Waals surface area contributed by atoms with Crippen molar-refractivity contribution in [2.45, 2.75) is 25.8 Å². The average molecular weight is 290 g/mol. The van der Waals surface area contributed by atoms with Crippen LogP contribution in [-0.4, -0.2) is 30.8 Å². The maximum Gasteiger partial charge on any atom is 0.328 e. The molecule has 0 bridgehead atoms. The molecule has 0 saturated heterocycles. The fourth-order valence-corrected chi connectivity index (χ4v) is 1.96. The molecule has 8 nitrogen and oxygen atoms in total. The Labute approximate surface area is 120 Å². The van der Waals surface area contributed by atoms with E-state index in [1.165, 1.54) is 29.2 Å². The lowest BCUT2D eigenvalue weighted by atomic mass is 10.2. The molecule has 110 valence electrons. The van der Waals surface area contributed by atoms with Gasteiger partial charge in [0.15, 0.2) is 11.9 Å². The van der Waals surface area contributed by atoms with Crippen molar-refractivity contribution in [1.29, 1.82) is 0 Å². The molecule has 0 saturated carbocycles. The Morgan fingerprint density at radius 3 is 2.90 bits per heavy atom. The summed E-state index contributed by atoms with van der Waals surface area (Å²) in [6.45, 7) is 1.88.